The monoisotopic (exact) mass is 773 g/mol. The number of hydrogen-bond donors (Lipinski definition) is 4. The summed E-state index contributed by atoms with van der Waals surface area (Å²) in [5.74, 6) is -0.159. The minimum Gasteiger partial charge on any atom is -0.461 e. The number of methoxy groups -OCH3 is 1. The van der Waals surface area contributed by atoms with Crippen LogP contribution in [-0.2, 0) is 26.2 Å². The number of aryl methyl sites for hydroxylation is 1. The third kappa shape index (κ3) is 13.5. The first-order chi connectivity index (χ1) is 27.1. The number of ether oxygens (including phenoxy) is 1. The van der Waals surface area contributed by atoms with Gasteiger partial charge in [0.15, 0.2) is 5.58 Å². The molecular weight excluding hydrogens is 715 g/mol. The van der Waals surface area contributed by atoms with Crippen LogP contribution in [0.1, 0.15) is 73.1 Å². The second kappa shape index (κ2) is 23.8. The predicted molar refractivity (Wildman–Crippen MR) is 218 cm³/mol. The molecule has 2 fully saturated rings. The van der Waals surface area contributed by atoms with Crippen LogP contribution < -0.4 is 10.6 Å². The second-order valence-electron chi connectivity index (χ2n) is 13.3. The van der Waals surface area contributed by atoms with Gasteiger partial charge in [-0.05, 0) is 36.8 Å². The van der Waals surface area contributed by atoms with Crippen molar-refractivity contribution < 1.29 is 28.3 Å². The lowest BCUT2D eigenvalue weighted by molar-refractivity contribution is -0.131. The lowest BCUT2D eigenvalue weighted by Crippen LogP contribution is -2.38. The van der Waals surface area contributed by atoms with E-state index in [2.05, 4.69) is 98.0 Å². The Morgan fingerprint density at radius 2 is 1.23 bits per heavy atom. The number of carbonyl (C=O) groups is 4. The molecule has 304 valence electrons. The highest BCUT2D eigenvalue weighted by molar-refractivity contribution is 6.00. The Morgan fingerprint density at radius 1 is 0.750 bits per heavy atom. The fraction of sp³-hybridized carbons (Fsp3) is 0.463. The summed E-state index contributed by atoms with van der Waals surface area (Å²) >= 11 is 0. The maximum atomic E-state index is 11.3. The summed E-state index contributed by atoms with van der Waals surface area (Å²) in [7, 11) is 3.30. The van der Waals surface area contributed by atoms with Crippen molar-refractivity contribution in [1.82, 2.24) is 44.9 Å². The molecule has 6 heterocycles. The lowest BCUT2D eigenvalue weighted by atomic mass is 10.0. The molecule has 0 unspecified atom stereocenters. The highest BCUT2D eigenvalue weighted by Gasteiger charge is 2.20. The number of nitrogens with one attached hydrogen (secondary N) is 4. The zero-order valence-corrected chi connectivity index (χ0v) is 33.9. The number of benzene rings is 1. The van der Waals surface area contributed by atoms with E-state index in [1.54, 1.807) is 34.9 Å². The van der Waals surface area contributed by atoms with E-state index in [4.69, 9.17) is 4.42 Å². The molecule has 4 aromatic heterocycles. The van der Waals surface area contributed by atoms with Gasteiger partial charge < -0.3 is 44.1 Å². The molecule has 2 aliphatic heterocycles. The fourth-order valence-corrected chi connectivity index (χ4v) is 5.83. The Kier molecular flexibility index (Phi) is 18.9. The van der Waals surface area contributed by atoms with E-state index in [9.17, 15) is 19.2 Å². The van der Waals surface area contributed by atoms with Crippen LogP contribution in [0.15, 0.2) is 66.2 Å². The number of imidazole rings is 2. The van der Waals surface area contributed by atoms with Gasteiger partial charge in [0.05, 0.1) is 61.2 Å². The van der Waals surface area contributed by atoms with E-state index >= 15 is 0 Å². The molecule has 4 amide bonds. The van der Waals surface area contributed by atoms with Gasteiger partial charge in [0.2, 0.25) is 17.7 Å². The Balaban J connectivity index is 0.000000230. The Morgan fingerprint density at radius 3 is 1.70 bits per heavy atom. The third-order valence-electron chi connectivity index (χ3n) is 8.45. The molecule has 0 spiro atoms. The molecular formula is C41H59N9O6. The molecule has 1 aromatic carbocycles. The van der Waals surface area contributed by atoms with Crippen LogP contribution in [0.25, 0.3) is 44.7 Å². The van der Waals surface area contributed by atoms with Crippen molar-refractivity contribution >= 4 is 34.9 Å². The highest BCUT2D eigenvalue weighted by Crippen LogP contribution is 2.37. The zero-order chi connectivity index (χ0) is 40.9. The van der Waals surface area contributed by atoms with Crippen LogP contribution in [0.4, 0.5) is 4.79 Å². The molecule has 2 aliphatic rings. The number of aromatic nitrogens is 5. The number of furan rings is 1. The van der Waals surface area contributed by atoms with Gasteiger partial charge in [0.25, 0.3) is 0 Å². The number of H-pyrrole nitrogens is 2. The summed E-state index contributed by atoms with van der Waals surface area (Å²) in [6.45, 7) is 13.4. The Labute approximate surface area is 329 Å². The van der Waals surface area contributed by atoms with Crippen molar-refractivity contribution in [3.05, 3.63) is 61.8 Å². The Bertz CT molecular complexity index is 1880. The molecule has 0 radical (unpaired) electrons. The number of amides is 4. The maximum absolute atomic E-state index is 11.3. The summed E-state index contributed by atoms with van der Waals surface area (Å²) in [4.78, 5) is 61.7. The fourth-order valence-electron chi connectivity index (χ4n) is 5.83. The Hall–Kier alpha value is -5.86. The zero-order valence-electron chi connectivity index (χ0n) is 33.9. The van der Waals surface area contributed by atoms with Gasteiger partial charge in [-0.15, -0.1) is 0 Å². The highest BCUT2D eigenvalue weighted by atomic mass is 16.5. The average Bonchev–Trinajstić information content (AvgIpc) is 4.05. The topological polar surface area (TPSA) is 183 Å². The van der Waals surface area contributed by atoms with E-state index in [-0.39, 0.29) is 30.8 Å². The maximum Gasteiger partial charge on any atom is 0.407 e. The molecule has 0 atom stereocenters. The standard InChI is InChI=1S/C19H15N5O.C8H14N2O3.C8H14N2O2.2C3H8/c1-24-8-14(12-2-4-13(5-3-12)16-6-20-10-22-16)19-18(24)15(9-25-19)17-7-21-11-23-17;1-13-8(12)9-6-7(11)10-4-2-3-5-10;1-7(11)9-6-8(12)10-4-2-3-5-10;2*1-3-2/h2-11H,1H3,(H,20,22)(H,21,23);2-6H2,1H3,(H,9,12);2-6H2,1H3,(H,9,11);2*3H2,1-2H3. The van der Waals surface area contributed by atoms with Crippen LogP contribution in [0.2, 0.25) is 0 Å². The third-order valence-corrected chi connectivity index (χ3v) is 8.45. The van der Waals surface area contributed by atoms with E-state index < -0.39 is 6.09 Å². The summed E-state index contributed by atoms with van der Waals surface area (Å²) in [6.07, 6.45) is 17.1. The number of hydrogen-bond acceptors (Lipinski definition) is 8. The first kappa shape index (κ1) is 44.5. The molecule has 4 N–H and O–H groups in total. The van der Waals surface area contributed by atoms with Crippen molar-refractivity contribution in [1.29, 1.82) is 0 Å². The van der Waals surface area contributed by atoms with Gasteiger partial charge in [-0.25, -0.2) is 14.8 Å². The van der Waals surface area contributed by atoms with Crippen LogP contribution in [-0.4, -0.2) is 104 Å². The van der Waals surface area contributed by atoms with Gasteiger partial charge in [-0.1, -0.05) is 64.8 Å². The molecule has 15 heteroatoms. The van der Waals surface area contributed by atoms with Crippen molar-refractivity contribution in [3.63, 3.8) is 0 Å². The molecule has 0 bridgehead atoms. The van der Waals surface area contributed by atoms with Gasteiger partial charge >= 0.3 is 6.09 Å². The SMILES string of the molecule is CC(=O)NCC(=O)N1CCCC1.CCC.CCC.COC(=O)NCC(=O)N1CCCC1.Cn1cc(-c2ccc(-c3cnc[nH]3)cc2)c2occ(-c3cnc[nH]3)c21. The summed E-state index contributed by atoms with van der Waals surface area (Å²) in [6, 6.07) is 8.37. The van der Waals surface area contributed by atoms with E-state index in [0.29, 0.717) is 0 Å². The van der Waals surface area contributed by atoms with Gasteiger partial charge in [0.1, 0.15) is 12.8 Å². The molecule has 2 saturated heterocycles. The number of aromatic amines is 2. The summed E-state index contributed by atoms with van der Waals surface area (Å²) in [5.41, 5.74) is 8.17. The number of fused-ring (bicyclic) bond motifs is 1. The van der Waals surface area contributed by atoms with Gasteiger partial charge in [0, 0.05) is 51.9 Å². The van der Waals surface area contributed by atoms with Crippen molar-refractivity contribution in [2.24, 2.45) is 7.05 Å². The average molecular weight is 774 g/mol. The number of alkyl carbamates (subject to hydrolysis) is 1. The van der Waals surface area contributed by atoms with E-state index in [0.717, 1.165) is 96.6 Å². The molecule has 0 aliphatic carbocycles. The minimum absolute atomic E-state index is 0.0303. The second-order valence-corrected chi connectivity index (χ2v) is 13.3. The minimum atomic E-state index is -0.562. The van der Waals surface area contributed by atoms with Crippen LogP contribution in [0, 0.1) is 0 Å². The number of rotatable bonds is 7. The van der Waals surface area contributed by atoms with Crippen molar-refractivity contribution in [2.45, 2.75) is 73.1 Å². The largest absolute Gasteiger partial charge is 0.461 e. The van der Waals surface area contributed by atoms with Crippen molar-refractivity contribution in [3.8, 4) is 33.6 Å². The van der Waals surface area contributed by atoms with Gasteiger partial charge in [-0.3, -0.25) is 14.4 Å². The molecule has 5 aromatic rings. The summed E-state index contributed by atoms with van der Waals surface area (Å²) in [5, 5.41) is 4.85. The predicted octanol–water partition coefficient (Wildman–Crippen LogP) is 6.76. The smallest absolute Gasteiger partial charge is 0.407 e. The number of carbonyl (C=O) groups excluding carboxylic acids is 4. The van der Waals surface area contributed by atoms with E-state index in [1.165, 1.54) is 26.9 Å². The normalized spacial score (nSPS) is 12.8. The lowest BCUT2D eigenvalue weighted by Gasteiger charge is -2.14. The first-order valence-electron chi connectivity index (χ1n) is 19.3. The van der Waals surface area contributed by atoms with Crippen LogP contribution in [0.5, 0.6) is 0 Å². The van der Waals surface area contributed by atoms with Crippen LogP contribution >= 0.6 is 0 Å². The molecule has 0 saturated carbocycles. The molecule has 15 nitrogen and oxygen atoms in total. The first-order valence-corrected chi connectivity index (χ1v) is 19.3. The number of nitrogens with zero attached hydrogens (tertiary/aromatic N) is 5. The van der Waals surface area contributed by atoms with E-state index in [1.807, 2.05) is 13.2 Å². The molecule has 56 heavy (non-hydrogen) atoms. The van der Waals surface area contributed by atoms with Crippen molar-refractivity contribution in [2.75, 3.05) is 46.4 Å². The molecule has 7 rings (SSSR count). The summed E-state index contributed by atoms with van der Waals surface area (Å²) < 4.78 is 12.3. The number of likely N-dealkylation sites (tertiary alicyclic amines) is 2. The van der Waals surface area contributed by atoms with Gasteiger partial charge in [-0.2, -0.15) is 0 Å². The van der Waals surface area contributed by atoms with Crippen LogP contribution in [0.3, 0.4) is 0 Å². The quantitative estimate of drug-likeness (QED) is 0.140.